The zero-order chi connectivity index (χ0) is 19.6. The Kier molecular flexibility index (Phi) is 5.25. The van der Waals surface area contributed by atoms with Crippen molar-refractivity contribution in [1.29, 1.82) is 0 Å². The van der Waals surface area contributed by atoms with Gasteiger partial charge in [0, 0.05) is 6.54 Å². The highest BCUT2D eigenvalue weighted by Crippen LogP contribution is 2.32. The van der Waals surface area contributed by atoms with Gasteiger partial charge < -0.3 is 23.8 Å². The van der Waals surface area contributed by atoms with Crippen molar-refractivity contribution in [2.45, 2.75) is 45.3 Å². The highest BCUT2D eigenvalue weighted by atomic mass is 16.7. The maximum absolute atomic E-state index is 12.4. The number of esters is 2. The molecule has 1 aromatic rings. The Morgan fingerprint density at radius 3 is 2.67 bits per heavy atom. The van der Waals surface area contributed by atoms with Gasteiger partial charge >= 0.3 is 17.8 Å². The molecule has 2 heterocycles. The van der Waals surface area contributed by atoms with Gasteiger partial charge in [0.2, 0.25) is 6.79 Å². The van der Waals surface area contributed by atoms with E-state index in [1.165, 1.54) is 4.90 Å². The van der Waals surface area contributed by atoms with Gasteiger partial charge in [0.15, 0.2) is 11.5 Å². The number of rotatable bonds is 3. The zero-order valence-electron chi connectivity index (χ0n) is 15.6. The third-order valence-corrected chi connectivity index (χ3v) is 4.23. The number of likely N-dealkylation sites (tertiary alicyclic amines) is 1. The van der Waals surface area contributed by atoms with E-state index in [0.717, 1.165) is 6.42 Å². The average Bonchev–Trinajstić information content (AvgIpc) is 3.25. The predicted molar refractivity (Wildman–Crippen MR) is 93.4 cm³/mol. The van der Waals surface area contributed by atoms with Crippen LogP contribution in [-0.4, -0.2) is 54.3 Å². The summed E-state index contributed by atoms with van der Waals surface area (Å²) < 4.78 is 20.9. The lowest BCUT2D eigenvalue weighted by Gasteiger charge is -2.25. The van der Waals surface area contributed by atoms with Gasteiger partial charge in [0.25, 0.3) is 0 Å². The van der Waals surface area contributed by atoms with E-state index in [4.69, 9.17) is 18.9 Å². The summed E-state index contributed by atoms with van der Waals surface area (Å²) in [6, 6.07) is 4.45. The predicted octanol–water partition coefficient (Wildman–Crippen LogP) is 1.90. The van der Waals surface area contributed by atoms with Crippen molar-refractivity contribution < 1.29 is 33.3 Å². The van der Waals surface area contributed by atoms with Crippen LogP contribution in [0.3, 0.4) is 0 Å². The average molecular weight is 377 g/mol. The first-order valence-corrected chi connectivity index (χ1v) is 8.85. The fraction of sp³-hybridized carbons (Fsp3) is 0.526. The van der Waals surface area contributed by atoms with Gasteiger partial charge in [-0.05, 0) is 51.8 Å². The molecule has 1 saturated heterocycles. The van der Waals surface area contributed by atoms with Crippen LogP contribution in [0, 0.1) is 0 Å². The van der Waals surface area contributed by atoms with Gasteiger partial charge in [0.05, 0.1) is 11.6 Å². The molecule has 0 spiro atoms. The third kappa shape index (κ3) is 4.50. The Hall–Kier alpha value is -2.77. The first-order chi connectivity index (χ1) is 12.7. The quantitative estimate of drug-likeness (QED) is 0.587. The maximum atomic E-state index is 12.4. The molecule has 0 saturated carbocycles. The molecule has 1 amide bonds. The van der Waals surface area contributed by atoms with E-state index in [9.17, 15) is 14.4 Å². The Bertz CT molecular complexity index is 753. The molecule has 0 N–H and O–H groups in total. The molecule has 27 heavy (non-hydrogen) atoms. The first-order valence-electron chi connectivity index (χ1n) is 8.85. The Balaban J connectivity index is 1.57. The van der Waals surface area contributed by atoms with Crippen molar-refractivity contribution >= 4 is 17.8 Å². The SMILES string of the molecule is CC(C)(C)OC(=O)C(=O)N1CCCC1COC(=O)c1ccc2c(c1)OCO2. The van der Waals surface area contributed by atoms with E-state index in [0.29, 0.717) is 30.0 Å². The monoisotopic (exact) mass is 377 g/mol. The number of hydrogen-bond acceptors (Lipinski definition) is 7. The number of carbonyl (C=O) groups is 3. The Morgan fingerprint density at radius 2 is 1.93 bits per heavy atom. The van der Waals surface area contributed by atoms with Crippen molar-refractivity contribution in [2.24, 2.45) is 0 Å². The minimum absolute atomic E-state index is 0.0157. The van der Waals surface area contributed by atoms with E-state index in [1.807, 2.05) is 0 Å². The summed E-state index contributed by atoms with van der Waals surface area (Å²) in [5.74, 6) is -1.04. The van der Waals surface area contributed by atoms with Crippen molar-refractivity contribution in [3.8, 4) is 11.5 Å². The highest BCUT2D eigenvalue weighted by Gasteiger charge is 2.35. The fourth-order valence-electron chi connectivity index (χ4n) is 2.99. The van der Waals surface area contributed by atoms with Crippen LogP contribution in [0.25, 0.3) is 0 Å². The third-order valence-electron chi connectivity index (χ3n) is 4.23. The molecule has 1 atom stereocenters. The first kappa shape index (κ1) is 19.0. The van der Waals surface area contributed by atoms with Crippen LogP contribution in [0.1, 0.15) is 44.0 Å². The molecule has 0 aliphatic carbocycles. The van der Waals surface area contributed by atoms with Crippen molar-refractivity contribution in [3.63, 3.8) is 0 Å². The van der Waals surface area contributed by atoms with Crippen LogP contribution in [0.15, 0.2) is 18.2 Å². The van der Waals surface area contributed by atoms with Gasteiger partial charge in [0.1, 0.15) is 12.2 Å². The van der Waals surface area contributed by atoms with E-state index < -0.39 is 23.4 Å². The van der Waals surface area contributed by atoms with Crippen LogP contribution in [0.2, 0.25) is 0 Å². The molecule has 0 aromatic heterocycles. The van der Waals surface area contributed by atoms with Crippen LogP contribution >= 0.6 is 0 Å². The van der Waals surface area contributed by atoms with Crippen molar-refractivity contribution in [2.75, 3.05) is 19.9 Å². The normalized spacial score (nSPS) is 18.3. The second kappa shape index (κ2) is 7.46. The fourth-order valence-corrected chi connectivity index (χ4v) is 2.99. The molecule has 2 aliphatic heterocycles. The summed E-state index contributed by atoms with van der Waals surface area (Å²) in [6.45, 7) is 5.68. The van der Waals surface area contributed by atoms with Gasteiger partial charge in [-0.2, -0.15) is 0 Å². The number of hydrogen-bond donors (Lipinski definition) is 0. The van der Waals surface area contributed by atoms with Crippen LogP contribution in [-0.2, 0) is 19.1 Å². The van der Waals surface area contributed by atoms with E-state index in [1.54, 1.807) is 39.0 Å². The molecule has 1 aromatic carbocycles. The molecule has 8 nitrogen and oxygen atoms in total. The van der Waals surface area contributed by atoms with Gasteiger partial charge in [-0.3, -0.25) is 4.79 Å². The molecule has 146 valence electrons. The molecule has 1 unspecified atom stereocenters. The van der Waals surface area contributed by atoms with Crippen molar-refractivity contribution in [1.82, 2.24) is 4.90 Å². The molecule has 2 aliphatic rings. The standard InChI is InChI=1S/C19H23NO7/c1-19(2,3)27-18(23)16(21)20-8-4-5-13(20)10-24-17(22)12-6-7-14-15(9-12)26-11-25-14/h6-7,9,13H,4-5,8,10-11H2,1-3H3. The topological polar surface area (TPSA) is 91.4 Å². The van der Waals surface area contributed by atoms with Crippen molar-refractivity contribution in [3.05, 3.63) is 23.8 Å². The largest absolute Gasteiger partial charge is 0.460 e. The van der Waals surface area contributed by atoms with E-state index >= 15 is 0 Å². The summed E-state index contributed by atoms with van der Waals surface area (Å²) in [5.41, 5.74) is -0.407. The maximum Gasteiger partial charge on any atom is 0.397 e. The van der Waals surface area contributed by atoms with Gasteiger partial charge in [-0.25, -0.2) is 9.59 Å². The number of amides is 1. The van der Waals surface area contributed by atoms with E-state index in [-0.39, 0.29) is 19.4 Å². The summed E-state index contributed by atoms with van der Waals surface area (Å²) in [5, 5.41) is 0. The van der Waals surface area contributed by atoms with Crippen LogP contribution in [0.4, 0.5) is 0 Å². The number of carbonyl (C=O) groups excluding carboxylic acids is 3. The van der Waals surface area contributed by atoms with Crippen LogP contribution in [0.5, 0.6) is 11.5 Å². The van der Waals surface area contributed by atoms with E-state index in [2.05, 4.69) is 0 Å². The molecular formula is C19H23NO7. The molecule has 0 bridgehead atoms. The lowest BCUT2D eigenvalue weighted by atomic mass is 10.2. The summed E-state index contributed by atoms with van der Waals surface area (Å²) >= 11 is 0. The molecule has 8 heteroatoms. The molecule has 3 rings (SSSR count). The number of nitrogens with zero attached hydrogens (tertiary/aromatic N) is 1. The molecular weight excluding hydrogens is 354 g/mol. The Morgan fingerprint density at radius 1 is 1.19 bits per heavy atom. The lowest BCUT2D eigenvalue weighted by molar-refractivity contribution is -0.168. The summed E-state index contributed by atoms with van der Waals surface area (Å²) in [7, 11) is 0. The smallest absolute Gasteiger partial charge is 0.397 e. The minimum atomic E-state index is -0.892. The molecule has 0 radical (unpaired) electrons. The van der Waals surface area contributed by atoms with Crippen LogP contribution < -0.4 is 9.47 Å². The summed E-state index contributed by atoms with van der Waals surface area (Å²) in [4.78, 5) is 38.1. The second-order valence-electron chi connectivity index (χ2n) is 7.46. The Labute approximate surface area is 157 Å². The number of ether oxygens (including phenoxy) is 4. The van der Waals surface area contributed by atoms with Gasteiger partial charge in [-0.15, -0.1) is 0 Å². The van der Waals surface area contributed by atoms with Gasteiger partial charge in [-0.1, -0.05) is 0 Å². The zero-order valence-corrected chi connectivity index (χ0v) is 15.6. The summed E-state index contributed by atoms with van der Waals surface area (Å²) in [6.07, 6.45) is 1.39. The number of fused-ring (bicyclic) bond motifs is 1. The lowest BCUT2D eigenvalue weighted by Crippen LogP contribution is -2.44. The molecule has 1 fully saturated rings. The highest BCUT2D eigenvalue weighted by molar-refractivity contribution is 6.32. The second-order valence-corrected chi connectivity index (χ2v) is 7.46. The minimum Gasteiger partial charge on any atom is -0.460 e. The number of benzene rings is 1.